The third-order valence-electron chi connectivity index (χ3n) is 2.88. The monoisotopic (exact) mass is 294 g/mol. The molecule has 0 aliphatic carbocycles. The van der Waals surface area contributed by atoms with Crippen LogP contribution in [0.3, 0.4) is 0 Å². The number of aliphatic hydroxyl groups is 1. The van der Waals surface area contributed by atoms with Crippen molar-refractivity contribution in [3.8, 4) is 11.5 Å². The number of benzene rings is 1. The van der Waals surface area contributed by atoms with E-state index >= 15 is 0 Å². The van der Waals surface area contributed by atoms with E-state index in [0.717, 1.165) is 0 Å². The minimum absolute atomic E-state index is 0.0332. The van der Waals surface area contributed by atoms with Crippen molar-refractivity contribution >= 4 is 11.8 Å². The number of rotatable bonds is 5. The van der Waals surface area contributed by atoms with Crippen molar-refractivity contribution in [3.05, 3.63) is 24.3 Å². The van der Waals surface area contributed by atoms with Gasteiger partial charge in [0.05, 0.1) is 6.54 Å². The lowest BCUT2D eigenvalue weighted by Gasteiger charge is -2.26. The number of aliphatic hydroxyl groups excluding tert-OH is 1. The number of fused-ring (bicyclic) bond motifs is 1. The van der Waals surface area contributed by atoms with Gasteiger partial charge in [-0.05, 0) is 18.6 Å². The number of hydrogen-bond donors (Lipinski definition) is 3. The van der Waals surface area contributed by atoms with Gasteiger partial charge in [-0.3, -0.25) is 9.59 Å². The summed E-state index contributed by atoms with van der Waals surface area (Å²) >= 11 is 0. The Bertz CT molecular complexity index is 506. The van der Waals surface area contributed by atoms with Gasteiger partial charge in [0.1, 0.15) is 12.7 Å². The molecular formula is C14H18N2O5. The maximum atomic E-state index is 11.5. The summed E-state index contributed by atoms with van der Waals surface area (Å²) in [5.41, 5.74) is 0. The molecule has 0 radical (unpaired) electrons. The molecule has 2 amide bonds. The first-order valence-corrected chi connectivity index (χ1v) is 6.76. The van der Waals surface area contributed by atoms with Gasteiger partial charge in [0.15, 0.2) is 11.5 Å². The van der Waals surface area contributed by atoms with Crippen LogP contribution in [0, 0.1) is 0 Å². The molecule has 1 aliphatic rings. The molecule has 0 bridgehead atoms. The maximum absolute atomic E-state index is 11.5. The van der Waals surface area contributed by atoms with Gasteiger partial charge in [0.2, 0.25) is 0 Å². The van der Waals surface area contributed by atoms with Crippen molar-refractivity contribution < 1.29 is 24.2 Å². The second-order valence-corrected chi connectivity index (χ2v) is 4.54. The number of para-hydroxylation sites is 2. The van der Waals surface area contributed by atoms with Gasteiger partial charge in [-0.1, -0.05) is 12.1 Å². The van der Waals surface area contributed by atoms with Crippen LogP contribution in [-0.2, 0) is 9.59 Å². The Morgan fingerprint density at radius 3 is 2.67 bits per heavy atom. The van der Waals surface area contributed by atoms with E-state index in [1.165, 1.54) is 0 Å². The van der Waals surface area contributed by atoms with Crippen LogP contribution in [0.15, 0.2) is 24.3 Å². The zero-order valence-electron chi connectivity index (χ0n) is 11.5. The largest absolute Gasteiger partial charge is 0.486 e. The number of carbonyl (C=O) groups excluding carboxylic acids is 2. The Morgan fingerprint density at radius 2 is 1.90 bits per heavy atom. The Balaban J connectivity index is 1.74. The summed E-state index contributed by atoms with van der Waals surface area (Å²) in [5.74, 6) is -0.159. The average molecular weight is 294 g/mol. The summed E-state index contributed by atoms with van der Waals surface area (Å²) in [4.78, 5) is 23.0. The van der Waals surface area contributed by atoms with E-state index in [1.54, 1.807) is 12.1 Å². The fourth-order valence-electron chi connectivity index (χ4n) is 1.81. The van der Waals surface area contributed by atoms with Gasteiger partial charge in [-0.15, -0.1) is 0 Å². The van der Waals surface area contributed by atoms with Gasteiger partial charge >= 0.3 is 11.8 Å². The summed E-state index contributed by atoms with van der Waals surface area (Å²) in [6, 6.07) is 7.27. The fraction of sp³-hybridized carbons (Fsp3) is 0.429. The molecule has 0 saturated heterocycles. The molecule has 0 saturated carbocycles. The second-order valence-electron chi connectivity index (χ2n) is 4.54. The third kappa shape index (κ3) is 4.35. The molecule has 21 heavy (non-hydrogen) atoms. The van der Waals surface area contributed by atoms with E-state index in [1.807, 2.05) is 12.1 Å². The Labute approximate surface area is 122 Å². The number of amides is 2. The van der Waals surface area contributed by atoms with Crippen molar-refractivity contribution in [2.75, 3.05) is 26.3 Å². The van der Waals surface area contributed by atoms with E-state index in [-0.39, 0.29) is 25.8 Å². The van der Waals surface area contributed by atoms with Gasteiger partial charge in [0, 0.05) is 13.2 Å². The van der Waals surface area contributed by atoms with Gasteiger partial charge < -0.3 is 25.2 Å². The summed E-state index contributed by atoms with van der Waals surface area (Å²) in [5, 5.41) is 13.5. The van der Waals surface area contributed by atoms with Crippen LogP contribution in [-0.4, -0.2) is 49.3 Å². The number of nitrogens with one attached hydrogen (secondary N) is 2. The van der Waals surface area contributed by atoms with Crippen LogP contribution in [0.4, 0.5) is 0 Å². The molecule has 114 valence electrons. The first kappa shape index (κ1) is 15.1. The van der Waals surface area contributed by atoms with Gasteiger partial charge in [-0.2, -0.15) is 0 Å². The molecule has 1 aromatic carbocycles. The number of carbonyl (C=O) groups is 2. The predicted octanol–water partition coefficient (Wildman–Crippen LogP) is -0.559. The lowest BCUT2D eigenvalue weighted by atomic mass is 10.2. The zero-order valence-corrected chi connectivity index (χ0v) is 11.5. The topological polar surface area (TPSA) is 96.9 Å². The number of ether oxygens (including phenoxy) is 2. The van der Waals surface area contributed by atoms with Crippen molar-refractivity contribution in [3.63, 3.8) is 0 Å². The molecule has 0 fully saturated rings. The molecule has 1 aromatic rings. The van der Waals surface area contributed by atoms with Crippen LogP contribution in [0.1, 0.15) is 6.42 Å². The van der Waals surface area contributed by atoms with Gasteiger partial charge in [0.25, 0.3) is 0 Å². The summed E-state index contributed by atoms with van der Waals surface area (Å²) in [6.45, 7) is 0.720. The summed E-state index contributed by atoms with van der Waals surface area (Å²) < 4.78 is 11.2. The lowest BCUT2D eigenvalue weighted by Crippen LogP contribution is -2.46. The lowest BCUT2D eigenvalue weighted by molar-refractivity contribution is -0.139. The van der Waals surface area contributed by atoms with Crippen LogP contribution in [0.25, 0.3) is 0 Å². The fourth-order valence-corrected chi connectivity index (χ4v) is 1.81. The summed E-state index contributed by atoms with van der Waals surface area (Å²) in [7, 11) is 0. The van der Waals surface area contributed by atoms with Crippen molar-refractivity contribution in [2.45, 2.75) is 12.5 Å². The SMILES string of the molecule is O=C(NCCCO)C(=O)NCC1COc2ccccc2O1. The van der Waals surface area contributed by atoms with Crippen molar-refractivity contribution in [1.82, 2.24) is 10.6 Å². The molecule has 0 spiro atoms. The highest BCUT2D eigenvalue weighted by atomic mass is 16.6. The molecule has 3 N–H and O–H groups in total. The van der Waals surface area contributed by atoms with Crippen LogP contribution in [0.5, 0.6) is 11.5 Å². The predicted molar refractivity (Wildman–Crippen MR) is 74.1 cm³/mol. The highest BCUT2D eigenvalue weighted by Gasteiger charge is 2.22. The van der Waals surface area contributed by atoms with E-state index in [0.29, 0.717) is 24.5 Å². The Kier molecular flexibility index (Phi) is 5.39. The smallest absolute Gasteiger partial charge is 0.309 e. The van der Waals surface area contributed by atoms with E-state index in [9.17, 15) is 9.59 Å². The second kappa shape index (κ2) is 7.49. The Morgan fingerprint density at radius 1 is 1.19 bits per heavy atom. The van der Waals surface area contributed by atoms with Crippen LogP contribution < -0.4 is 20.1 Å². The molecule has 0 aromatic heterocycles. The van der Waals surface area contributed by atoms with Crippen molar-refractivity contribution in [1.29, 1.82) is 0 Å². The van der Waals surface area contributed by atoms with E-state index in [2.05, 4.69) is 10.6 Å². The minimum atomic E-state index is -0.726. The first-order valence-electron chi connectivity index (χ1n) is 6.76. The molecule has 1 atom stereocenters. The quantitative estimate of drug-likeness (QED) is 0.500. The maximum Gasteiger partial charge on any atom is 0.309 e. The normalized spacial score (nSPS) is 16.1. The molecule has 7 heteroatoms. The highest BCUT2D eigenvalue weighted by Crippen LogP contribution is 2.30. The molecule has 1 aliphatic heterocycles. The van der Waals surface area contributed by atoms with Crippen LogP contribution in [0.2, 0.25) is 0 Å². The molecule has 2 rings (SSSR count). The molecular weight excluding hydrogens is 276 g/mol. The Hall–Kier alpha value is -2.28. The van der Waals surface area contributed by atoms with Gasteiger partial charge in [-0.25, -0.2) is 0 Å². The van der Waals surface area contributed by atoms with E-state index in [4.69, 9.17) is 14.6 Å². The average Bonchev–Trinajstić information content (AvgIpc) is 2.52. The molecule has 7 nitrogen and oxygen atoms in total. The highest BCUT2D eigenvalue weighted by molar-refractivity contribution is 6.35. The van der Waals surface area contributed by atoms with Crippen LogP contribution >= 0.6 is 0 Å². The first-order chi connectivity index (χ1) is 10.2. The molecule has 1 heterocycles. The zero-order chi connectivity index (χ0) is 15.1. The van der Waals surface area contributed by atoms with Crippen molar-refractivity contribution in [2.24, 2.45) is 0 Å². The summed E-state index contributed by atoms with van der Waals surface area (Å²) in [6.07, 6.45) is 0.0733. The molecule has 1 unspecified atom stereocenters. The standard InChI is InChI=1S/C14H18N2O5/c17-7-3-6-15-13(18)14(19)16-8-10-9-20-11-4-1-2-5-12(11)21-10/h1-2,4-5,10,17H,3,6-9H2,(H,15,18)(H,16,19). The third-order valence-corrected chi connectivity index (χ3v) is 2.88. The minimum Gasteiger partial charge on any atom is -0.486 e. The number of hydrogen-bond acceptors (Lipinski definition) is 5. The van der Waals surface area contributed by atoms with E-state index < -0.39 is 11.8 Å².